The summed E-state index contributed by atoms with van der Waals surface area (Å²) >= 11 is 0. The molecule has 0 fully saturated rings. The molecule has 442 valence electrons. The Labute approximate surface area is 477 Å². The standard InChI is InChI=1S/C71H122O6/c1-4-7-10-13-16-19-21-23-25-27-29-31-32-33-34-35-36-37-38-40-41-43-45-47-49-52-55-58-61-64-70(73)76-67-68(66-75-69(72)63-60-57-54-51-18-15-12-9-6-3)77-71(74)65-62-59-56-53-50-48-46-44-42-39-30-28-26-24-22-20-17-14-11-8-5-2/h8,11,17,20-21,23-24,26-27,29-30,39,44,46,50,53,68H,4-7,9-10,12-16,18-19,22,25,28,31-38,40-43,45,47-49,51-52,54-67H2,1-3H3/b11-8-,20-17-,23-21-,26-24-,29-27-,39-30-,46-44-,53-50-. The fourth-order valence-corrected chi connectivity index (χ4v) is 9.18. The van der Waals surface area contributed by atoms with Crippen LogP contribution in [0.3, 0.4) is 0 Å². The maximum atomic E-state index is 12.9. The molecule has 0 amide bonds. The highest BCUT2D eigenvalue weighted by Crippen LogP contribution is 2.17. The number of allylic oxidation sites excluding steroid dienone is 16. The molecule has 0 aliphatic heterocycles. The first-order valence-electron chi connectivity index (χ1n) is 32.7. The number of hydrogen-bond donors (Lipinski definition) is 0. The topological polar surface area (TPSA) is 78.9 Å². The van der Waals surface area contributed by atoms with Crippen LogP contribution in [-0.2, 0) is 28.6 Å². The van der Waals surface area contributed by atoms with Crippen LogP contribution in [0.4, 0.5) is 0 Å². The van der Waals surface area contributed by atoms with E-state index in [4.69, 9.17) is 14.2 Å². The molecule has 77 heavy (non-hydrogen) atoms. The number of unbranched alkanes of at least 4 members (excludes halogenated alkanes) is 32. The van der Waals surface area contributed by atoms with E-state index in [-0.39, 0.29) is 37.5 Å². The fourth-order valence-electron chi connectivity index (χ4n) is 9.18. The van der Waals surface area contributed by atoms with Gasteiger partial charge in [-0.3, -0.25) is 14.4 Å². The van der Waals surface area contributed by atoms with Crippen LogP contribution >= 0.6 is 0 Å². The van der Waals surface area contributed by atoms with Crippen LogP contribution in [0.15, 0.2) is 97.2 Å². The Bertz CT molecular complexity index is 1510. The zero-order valence-corrected chi connectivity index (χ0v) is 50.7. The summed E-state index contributed by atoms with van der Waals surface area (Å²) in [6, 6.07) is 0. The first-order valence-corrected chi connectivity index (χ1v) is 32.7. The first kappa shape index (κ1) is 73.3. The Hall–Kier alpha value is -3.67. The lowest BCUT2D eigenvalue weighted by atomic mass is 10.0. The van der Waals surface area contributed by atoms with Crippen molar-refractivity contribution < 1.29 is 28.6 Å². The van der Waals surface area contributed by atoms with E-state index < -0.39 is 6.10 Å². The van der Waals surface area contributed by atoms with E-state index in [0.717, 1.165) is 96.3 Å². The van der Waals surface area contributed by atoms with Gasteiger partial charge >= 0.3 is 17.9 Å². The van der Waals surface area contributed by atoms with Gasteiger partial charge in [-0.05, 0) is 103 Å². The summed E-state index contributed by atoms with van der Waals surface area (Å²) in [6.07, 6.45) is 87.3. The second-order valence-corrected chi connectivity index (χ2v) is 21.6. The molecule has 0 aromatic rings. The van der Waals surface area contributed by atoms with Crippen LogP contribution in [0, 0.1) is 0 Å². The van der Waals surface area contributed by atoms with Crippen molar-refractivity contribution in [2.24, 2.45) is 0 Å². The van der Waals surface area contributed by atoms with Gasteiger partial charge in [0.25, 0.3) is 0 Å². The van der Waals surface area contributed by atoms with E-state index >= 15 is 0 Å². The quantitative estimate of drug-likeness (QED) is 0.0261. The van der Waals surface area contributed by atoms with Gasteiger partial charge in [0, 0.05) is 19.3 Å². The van der Waals surface area contributed by atoms with Crippen molar-refractivity contribution in [3.05, 3.63) is 97.2 Å². The highest BCUT2D eigenvalue weighted by molar-refractivity contribution is 5.71. The van der Waals surface area contributed by atoms with Crippen molar-refractivity contribution in [1.82, 2.24) is 0 Å². The molecular formula is C71H122O6. The Morgan fingerprint density at radius 3 is 0.818 bits per heavy atom. The van der Waals surface area contributed by atoms with Gasteiger partial charge < -0.3 is 14.2 Å². The van der Waals surface area contributed by atoms with Gasteiger partial charge in [-0.1, -0.05) is 291 Å². The van der Waals surface area contributed by atoms with Crippen LogP contribution in [0.25, 0.3) is 0 Å². The second-order valence-electron chi connectivity index (χ2n) is 21.6. The third-order valence-electron chi connectivity index (χ3n) is 14.1. The van der Waals surface area contributed by atoms with Gasteiger partial charge in [-0.25, -0.2) is 0 Å². The van der Waals surface area contributed by atoms with Crippen LogP contribution in [0.2, 0.25) is 0 Å². The van der Waals surface area contributed by atoms with Gasteiger partial charge in [-0.15, -0.1) is 0 Å². The molecule has 0 N–H and O–H groups in total. The Morgan fingerprint density at radius 1 is 0.273 bits per heavy atom. The molecule has 0 aliphatic rings. The van der Waals surface area contributed by atoms with Crippen molar-refractivity contribution in [2.75, 3.05) is 13.2 Å². The van der Waals surface area contributed by atoms with Gasteiger partial charge in [0.15, 0.2) is 6.10 Å². The summed E-state index contributed by atoms with van der Waals surface area (Å²) in [4.78, 5) is 38.2. The van der Waals surface area contributed by atoms with Gasteiger partial charge in [-0.2, -0.15) is 0 Å². The van der Waals surface area contributed by atoms with E-state index in [9.17, 15) is 14.4 Å². The number of esters is 3. The minimum atomic E-state index is -0.799. The number of ether oxygens (including phenoxy) is 3. The van der Waals surface area contributed by atoms with E-state index in [1.54, 1.807) is 0 Å². The lowest BCUT2D eigenvalue weighted by molar-refractivity contribution is -0.167. The zero-order valence-electron chi connectivity index (χ0n) is 50.7. The molecule has 0 rings (SSSR count). The SMILES string of the molecule is CC/C=C\C/C=C\C/C=C\C/C=C\C/C=C\C/C=C\CCCCC(=O)OC(COC(=O)CCCCCCCCCCC)COC(=O)CCCCCCCCCCCCCCCCCCC/C=C\C/C=C\CCCCCCC. The normalized spacial score (nSPS) is 12.7. The third kappa shape index (κ3) is 63.0. The van der Waals surface area contributed by atoms with E-state index in [1.165, 1.54) is 173 Å². The van der Waals surface area contributed by atoms with Crippen LogP contribution < -0.4 is 0 Å². The van der Waals surface area contributed by atoms with Crippen molar-refractivity contribution in [3.63, 3.8) is 0 Å². The van der Waals surface area contributed by atoms with Gasteiger partial charge in [0.05, 0.1) is 0 Å². The predicted octanol–water partition coefficient (Wildman–Crippen LogP) is 22.4. The molecule has 0 bridgehead atoms. The molecule has 0 spiro atoms. The largest absolute Gasteiger partial charge is 0.462 e. The number of rotatable bonds is 59. The molecule has 0 radical (unpaired) electrons. The molecule has 0 aromatic carbocycles. The monoisotopic (exact) mass is 1070 g/mol. The lowest BCUT2D eigenvalue weighted by Gasteiger charge is -2.18. The third-order valence-corrected chi connectivity index (χ3v) is 14.1. The molecular weight excluding hydrogens is 949 g/mol. The fraction of sp³-hybridized carbons (Fsp3) is 0.732. The summed E-state index contributed by atoms with van der Waals surface area (Å²) in [5, 5.41) is 0. The molecule has 6 nitrogen and oxygen atoms in total. The van der Waals surface area contributed by atoms with Gasteiger partial charge in [0.2, 0.25) is 0 Å². The minimum Gasteiger partial charge on any atom is -0.462 e. The number of hydrogen-bond acceptors (Lipinski definition) is 6. The smallest absolute Gasteiger partial charge is 0.306 e. The van der Waals surface area contributed by atoms with Gasteiger partial charge in [0.1, 0.15) is 13.2 Å². The summed E-state index contributed by atoms with van der Waals surface area (Å²) in [7, 11) is 0. The minimum absolute atomic E-state index is 0.0925. The van der Waals surface area contributed by atoms with Crippen molar-refractivity contribution >= 4 is 17.9 Å². The highest BCUT2D eigenvalue weighted by Gasteiger charge is 2.19. The van der Waals surface area contributed by atoms with E-state index in [2.05, 4.69) is 118 Å². The first-order chi connectivity index (χ1) is 38.0. The molecule has 0 saturated carbocycles. The molecule has 6 heteroatoms. The van der Waals surface area contributed by atoms with E-state index in [0.29, 0.717) is 19.3 Å². The molecule has 1 atom stereocenters. The average molecular weight is 1070 g/mol. The van der Waals surface area contributed by atoms with Crippen molar-refractivity contribution in [1.29, 1.82) is 0 Å². The highest BCUT2D eigenvalue weighted by atomic mass is 16.6. The summed E-state index contributed by atoms with van der Waals surface area (Å²) < 4.78 is 16.8. The Morgan fingerprint density at radius 2 is 0.506 bits per heavy atom. The molecule has 0 aromatic heterocycles. The second kappa shape index (κ2) is 64.9. The van der Waals surface area contributed by atoms with Crippen LogP contribution in [0.1, 0.15) is 316 Å². The Balaban J connectivity index is 4.21. The van der Waals surface area contributed by atoms with Crippen molar-refractivity contribution in [3.8, 4) is 0 Å². The van der Waals surface area contributed by atoms with Crippen molar-refractivity contribution in [2.45, 2.75) is 322 Å². The van der Waals surface area contributed by atoms with E-state index in [1.807, 2.05) is 0 Å². The number of carbonyl (C=O) groups excluding carboxylic acids is 3. The van der Waals surface area contributed by atoms with Crippen LogP contribution in [-0.4, -0.2) is 37.2 Å². The lowest BCUT2D eigenvalue weighted by Crippen LogP contribution is -2.30. The summed E-state index contributed by atoms with van der Waals surface area (Å²) in [5.74, 6) is -0.929. The zero-order chi connectivity index (χ0) is 55.7. The predicted molar refractivity (Wildman–Crippen MR) is 334 cm³/mol. The summed E-state index contributed by atoms with van der Waals surface area (Å²) in [5.41, 5.74) is 0. The Kier molecular flexibility index (Phi) is 61.8. The maximum Gasteiger partial charge on any atom is 0.306 e. The molecule has 0 aliphatic carbocycles. The molecule has 0 heterocycles. The molecule has 1 unspecified atom stereocenters. The summed E-state index contributed by atoms with van der Waals surface area (Å²) in [6.45, 7) is 6.48. The average Bonchev–Trinajstić information content (AvgIpc) is 3.43. The molecule has 0 saturated heterocycles. The maximum absolute atomic E-state index is 12.9. The van der Waals surface area contributed by atoms with Crippen LogP contribution in [0.5, 0.6) is 0 Å². The number of carbonyl (C=O) groups is 3.